The van der Waals surface area contributed by atoms with Crippen molar-refractivity contribution in [2.24, 2.45) is 11.3 Å². The summed E-state index contributed by atoms with van der Waals surface area (Å²) in [7, 11) is 0. The first-order valence-electron chi connectivity index (χ1n) is 4.26. The number of Topliss-reactive ketones (excluding diaryl/α,β-unsaturated/α-hetero) is 1. The lowest BCUT2D eigenvalue weighted by atomic mass is 9.91. The van der Waals surface area contributed by atoms with E-state index in [4.69, 9.17) is 0 Å². The maximum absolute atomic E-state index is 12.4. The van der Waals surface area contributed by atoms with E-state index in [9.17, 15) is 9.18 Å². The summed E-state index contributed by atoms with van der Waals surface area (Å²) < 4.78 is 12.4. The quantitative estimate of drug-likeness (QED) is 0.613. The van der Waals surface area contributed by atoms with Crippen molar-refractivity contribution < 1.29 is 9.18 Å². The smallest absolute Gasteiger partial charge is 0.144 e. The van der Waals surface area contributed by atoms with Gasteiger partial charge in [0.25, 0.3) is 0 Å². The third-order valence-corrected chi connectivity index (χ3v) is 2.69. The number of alkyl halides is 1. The van der Waals surface area contributed by atoms with E-state index in [1.807, 2.05) is 13.8 Å². The van der Waals surface area contributed by atoms with Gasteiger partial charge in [0.1, 0.15) is 12.5 Å². The fourth-order valence-corrected chi connectivity index (χ4v) is 1.30. The van der Waals surface area contributed by atoms with E-state index in [1.165, 1.54) is 0 Å². The molecule has 11 heavy (non-hydrogen) atoms. The van der Waals surface area contributed by atoms with Gasteiger partial charge < -0.3 is 0 Å². The van der Waals surface area contributed by atoms with Crippen molar-refractivity contribution in [1.29, 1.82) is 0 Å². The van der Waals surface area contributed by atoms with Crippen molar-refractivity contribution in [2.75, 3.05) is 6.67 Å². The summed E-state index contributed by atoms with van der Waals surface area (Å²) in [4.78, 5) is 11.4. The van der Waals surface area contributed by atoms with Crippen LogP contribution in [0.15, 0.2) is 0 Å². The zero-order valence-electron chi connectivity index (χ0n) is 7.19. The second-order valence-corrected chi connectivity index (χ2v) is 3.59. The highest BCUT2D eigenvalue weighted by Crippen LogP contribution is 2.48. The normalized spacial score (nSPS) is 22.8. The molecule has 1 fully saturated rings. The Labute approximate surface area is 67.0 Å². The van der Waals surface area contributed by atoms with Crippen LogP contribution in [0.2, 0.25) is 0 Å². The van der Waals surface area contributed by atoms with Crippen LogP contribution in [0.5, 0.6) is 0 Å². The Bertz CT molecular complexity index is 161. The maximum atomic E-state index is 12.4. The fourth-order valence-electron chi connectivity index (χ4n) is 1.30. The first-order chi connectivity index (χ1) is 5.16. The first kappa shape index (κ1) is 8.69. The second kappa shape index (κ2) is 2.92. The Balaban J connectivity index is 2.53. The SMILES string of the molecule is CCC(C)C(=O)C1(CF)CC1. The summed E-state index contributed by atoms with van der Waals surface area (Å²) in [6, 6.07) is 0. The summed E-state index contributed by atoms with van der Waals surface area (Å²) >= 11 is 0. The fraction of sp³-hybridized carbons (Fsp3) is 0.889. The van der Waals surface area contributed by atoms with Gasteiger partial charge >= 0.3 is 0 Å². The van der Waals surface area contributed by atoms with Crippen molar-refractivity contribution in [1.82, 2.24) is 0 Å². The van der Waals surface area contributed by atoms with Gasteiger partial charge in [-0.15, -0.1) is 0 Å². The molecule has 0 bridgehead atoms. The molecule has 1 nitrogen and oxygen atoms in total. The van der Waals surface area contributed by atoms with Gasteiger partial charge in [0, 0.05) is 5.92 Å². The number of carbonyl (C=O) groups is 1. The van der Waals surface area contributed by atoms with Crippen molar-refractivity contribution in [2.45, 2.75) is 33.1 Å². The predicted molar refractivity (Wildman–Crippen MR) is 42.1 cm³/mol. The van der Waals surface area contributed by atoms with Crippen LogP contribution in [0.4, 0.5) is 4.39 Å². The average molecular weight is 158 g/mol. The molecule has 1 aliphatic rings. The molecule has 1 atom stereocenters. The Morgan fingerprint density at radius 2 is 2.18 bits per heavy atom. The molecule has 0 radical (unpaired) electrons. The number of ketones is 1. The largest absolute Gasteiger partial charge is 0.299 e. The van der Waals surface area contributed by atoms with Gasteiger partial charge in [-0.1, -0.05) is 13.8 Å². The lowest BCUT2D eigenvalue weighted by molar-refractivity contribution is -0.128. The molecule has 0 amide bonds. The highest BCUT2D eigenvalue weighted by Gasteiger charge is 2.50. The average Bonchev–Trinajstić information content (AvgIpc) is 2.82. The Morgan fingerprint density at radius 3 is 2.45 bits per heavy atom. The summed E-state index contributed by atoms with van der Waals surface area (Å²) in [6.07, 6.45) is 2.37. The molecule has 0 aromatic carbocycles. The van der Waals surface area contributed by atoms with Crippen LogP contribution < -0.4 is 0 Å². The van der Waals surface area contributed by atoms with Crippen molar-refractivity contribution in [3.8, 4) is 0 Å². The highest BCUT2D eigenvalue weighted by atomic mass is 19.1. The molecule has 1 aliphatic carbocycles. The van der Waals surface area contributed by atoms with Gasteiger partial charge in [0.15, 0.2) is 0 Å². The van der Waals surface area contributed by atoms with Crippen LogP contribution in [0.1, 0.15) is 33.1 Å². The van der Waals surface area contributed by atoms with Crippen molar-refractivity contribution in [3.63, 3.8) is 0 Å². The zero-order valence-corrected chi connectivity index (χ0v) is 7.19. The van der Waals surface area contributed by atoms with E-state index >= 15 is 0 Å². The number of hydrogen-bond acceptors (Lipinski definition) is 1. The van der Waals surface area contributed by atoms with Gasteiger partial charge in [-0.2, -0.15) is 0 Å². The predicted octanol–water partition coefficient (Wildman–Crippen LogP) is 2.35. The Kier molecular flexibility index (Phi) is 2.31. The van der Waals surface area contributed by atoms with Gasteiger partial charge in [-0.25, -0.2) is 0 Å². The third kappa shape index (κ3) is 1.44. The van der Waals surface area contributed by atoms with Crippen LogP contribution in [-0.4, -0.2) is 12.5 Å². The molecule has 1 rings (SSSR count). The lowest BCUT2D eigenvalue weighted by Gasteiger charge is -2.13. The van der Waals surface area contributed by atoms with E-state index in [1.54, 1.807) is 0 Å². The highest BCUT2D eigenvalue weighted by molar-refractivity contribution is 5.89. The summed E-state index contributed by atoms with van der Waals surface area (Å²) in [5.74, 6) is 0.191. The molecule has 0 aliphatic heterocycles. The van der Waals surface area contributed by atoms with E-state index in [0.29, 0.717) is 0 Å². The molecular weight excluding hydrogens is 143 g/mol. The monoisotopic (exact) mass is 158 g/mol. The molecule has 0 heterocycles. The van der Waals surface area contributed by atoms with E-state index in [2.05, 4.69) is 0 Å². The Hall–Kier alpha value is -0.400. The molecule has 1 saturated carbocycles. The molecule has 64 valence electrons. The number of rotatable bonds is 4. The molecule has 0 N–H and O–H groups in total. The standard InChI is InChI=1S/C9H15FO/c1-3-7(2)8(11)9(6-10)4-5-9/h7H,3-6H2,1-2H3. The van der Waals surface area contributed by atoms with Gasteiger partial charge in [-0.05, 0) is 19.3 Å². The van der Waals surface area contributed by atoms with Crippen molar-refractivity contribution in [3.05, 3.63) is 0 Å². The lowest BCUT2D eigenvalue weighted by Crippen LogP contribution is -2.24. The van der Waals surface area contributed by atoms with Gasteiger partial charge in [-0.3, -0.25) is 9.18 Å². The van der Waals surface area contributed by atoms with Crippen molar-refractivity contribution >= 4 is 5.78 Å². The second-order valence-electron chi connectivity index (χ2n) is 3.59. The minimum absolute atomic E-state index is 0.0493. The summed E-state index contributed by atoms with van der Waals surface area (Å²) in [5, 5.41) is 0. The first-order valence-corrected chi connectivity index (χ1v) is 4.26. The summed E-state index contributed by atoms with van der Waals surface area (Å²) in [6.45, 7) is 3.41. The molecule has 0 aromatic rings. The van der Waals surface area contributed by atoms with Crippen LogP contribution in [-0.2, 0) is 4.79 Å². The maximum Gasteiger partial charge on any atom is 0.144 e. The minimum Gasteiger partial charge on any atom is -0.299 e. The molecule has 1 unspecified atom stereocenters. The van der Waals surface area contributed by atoms with E-state index in [0.717, 1.165) is 19.3 Å². The summed E-state index contributed by atoms with van der Waals surface area (Å²) in [5.41, 5.74) is -0.532. The number of halogens is 1. The van der Waals surface area contributed by atoms with Gasteiger partial charge in [0.2, 0.25) is 0 Å². The third-order valence-electron chi connectivity index (χ3n) is 2.69. The molecular formula is C9H15FO. The Morgan fingerprint density at radius 1 is 1.64 bits per heavy atom. The van der Waals surface area contributed by atoms with Gasteiger partial charge in [0.05, 0.1) is 5.41 Å². The molecule has 2 heteroatoms. The van der Waals surface area contributed by atoms with E-state index < -0.39 is 12.1 Å². The molecule has 0 spiro atoms. The topological polar surface area (TPSA) is 17.1 Å². The zero-order chi connectivity index (χ0) is 8.48. The minimum atomic E-state index is -0.532. The van der Waals surface area contributed by atoms with Crippen LogP contribution >= 0.6 is 0 Å². The van der Waals surface area contributed by atoms with Crippen LogP contribution in [0, 0.1) is 11.3 Å². The van der Waals surface area contributed by atoms with Crippen LogP contribution in [0.3, 0.4) is 0 Å². The molecule has 0 saturated heterocycles. The number of carbonyl (C=O) groups excluding carboxylic acids is 1. The molecule has 0 aromatic heterocycles. The number of hydrogen-bond donors (Lipinski definition) is 0. The van der Waals surface area contributed by atoms with Crippen LogP contribution in [0.25, 0.3) is 0 Å². The van der Waals surface area contributed by atoms with E-state index in [-0.39, 0.29) is 11.7 Å².